The molecule has 1 aromatic heterocycles. The molecular weight excluding hydrogens is 344 g/mol. The molecule has 0 N–H and O–H groups in total. The fraction of sp³-hybridized carbons (Fsp3) is 0.294. The maximum Gasteiger partial charge on any atom is 0.348 e. The molecule has 132 valence electrons. The predicted octanol–water partition coefficient (Wildman–Crippen LogP) is 2.30. The summed E-state index contributed by atoms with van der Waals surface area (Å²) in [4.78, 5) is 40.6. The van der Waals surface area contributed by atoms with Crippen molar-refractivity contribution in [1.29, 1.82) is 0 Å². The number of nitrogens with zero attached hydrogens (tertiary/aromatic N) is 2. The standard InChI is InChI=1S/C17H18N2O5S/c1-10(2)19-14(20)9-13(16(22)24-4)25-17(19)18-12-7-5-11(6-8-12)15(21)23-3/h5-10H,1-4H3. The normalized spacial score (nSPS) is 11.5. The molecule has 25 heavy (non-hydrogen) atoms. The summed E-state index contributed by atoms with van der Waals surface area (Å²) in [6.07, 6.45) is 0. The molecule has 0 atom stereocenters. The van der Waals surface area contributed by atoms with Crippen LogP contribution >= 0.6 is 11.3 Å². The van der Waals surface area contributed by atoms with Crippen molar-refractivity contribution < 1.29 is 19.1 Å². The van der Waals surface area contributed by atoms with Crippen molar-refractivity contribution in [2.75, 3.05) is 14.2 Å². The van der Waals surface area contributed by atoms with Crippen molar-refractivity contribution in [1.82, 2.24) is 4.57 Å². The second-order valence-corrected chi connectivity index (χ2v) is 6.35. The first kappa shape index (κ1) is 18.6. The summed E-state index contributed by atoms with van der Waals surface area (Å²) < 4.78 is 10.8. The van der Waals surface area contributed by atoms with Crippen LogP contribution in [-0.4, -0.2) is 30.7 Å². The van der Waals surface area contributed by atoms with Gasteiger partial charge in [-0.15, -0.1) is 0 Å². The van der Waals surface area contributed by atoms with Crippen molar-refractivity contribution in [2.45, 2.75) is 19.9 Å². The molecule has 0 radical (unpaired) electrons. The predicted molar refractivity (Wildman–Crippen MR) is 93.3 cm³/mol. The Hall–Kier alpha value is -2.74. The first-order valence-corrected chi connectivity index (χ1v) is 8.27. The summed E-state index contributed by atoms with van der Waals surface area (Å²) in [5.74, 6) is -1.03. The van der Waals surface area contributed by atoms with E-state index in [0.717, 1.165) is 11.3 Å². The first-order valence-electron chi connectivity index (χ1n) is 7.45. The lowest BCUT2D eigenvalue weighted by Gasteiger charge is -2.10. The maximum atomic E-state index is 12.3. The monoisotopic (exact) mass is 362 g/mol. The van der Waals surface area contributed by atoms with Gasteiger partial charge in [-0.25, -0.2) is 14.6 Å². The van der Waals surface area contributed by atoms with Gasteiger partial charge in [0.1, 0.15) is 4.88 Å². The van der Waals surface area contributed by atoms with Crippen LogP contribution in [0.15, 0.2) is 40.1 Å². The lowest BCUT2D eigenvalue weighted by molar-refractivity contribution is 0.0594. The minimum Gasteiger partial charge on any atom is -0.465 e. The molecule has 0 saturated heterocycles. The number of carbonyl (C=O) groups excluding carboxylic acids is 2. The Morgan fingerprint density at radius 2 is 1.68 bits per heavy atom. The first-order chi connectivity index (χ1) is 11.9. The van der Waals surface area contributed by atoms with Gasteiger partial charge in [0, 0.05) is 12.1 Å². The van der Waals surface area contributed by atoms with Crippen molar-refractivity contribution in [3.63, 3.8) is 0 Å². The number of benzene rings is 1. The molecular formula is C17H18N2O5S. The van der Waals surface area contributed by atoms with Gasteiger partial charge in [0.25, 0.3) is 5.56 Å². The Balaban J connectivity index is 2.61. The van der Waals surface area contributed by atoms with Crippen LogP contribution in [-0.2, 0) is 9.47 Å². The van der Waals surface area contributed by atoms with Gasteiger partial charge in [-0.1, -0.05) is 11.3 Å². The molecule has 0 spiro atoms. The topological polar surface area (TPSA) is 87.0 Å². The molecule has 0 unspecified atom stereocenters. The van der Waals surface area contributed by atoms with Crippen molar-refractivity contribution in [3.05, 3.63) is 55.9 Å². The Kier molecular flexibility index (Phi) is 5.87. The third-order valence-electron chi connectivity index (χ3n) is 3.32. The van der Waals surface area contributed by atoms with Gasteiger partial charge in [0.2, 0.25) is 0 Å². The Bertz CT molecular complexity index is 910. The highest BCUT2D eigenvalue weighted by atomic mass is 32.1. The number of aromatic nitrogens is 1. The summed E-state index contributed by atoms with van der Waals surface area (Å²) in [5.41, 5.74) is 0.605. The number of rotatable bonds is 4. The van der Waals surface area contributed by atoms with E-state index in [0.29, 0.717) is 16.1 Å². The number of methoxy groups -OCH3 is 2. The number of hydrogen-bond donors (Lipinski definition) is 0. The Morgan fingerprint density at radius 3 is 2.20 bits per heavy atom. The van der Waals surface area contributed by atoms with Crippen LogP contribution in [0.2, 0.25) is 0 Å². The average molecular weight is 362 g/mol. The van der Waals surface area contributed by atoms with Crippen LogP contribution in [0.1, 0.15) is 39.9 Å². The van der Waals surface area contributed by atoms with Crippen LogP contribution in [0, 0.1) is 0 Å². The smallest absolute Gasteiger partial charge is 0.348 e. The van der Waals surface area contributed by atoms with Crippen molar-refractivity contribution in [3.8, 4) is 0 Å². The summed E-state index contributed by atoms with van der Waals surface area (Å²) in [5, 5.41) is 0. The highest BCUT2D eigenvalue weighted by molar-refractivity contribution is 7.11. The van der Waals surface area contributed by atoms with Crippen LogP contribution in [0.4, 0.5) is 5.69 Å². The number of esters is 2. The summed E-state index contributed by atoms with van der Waals surface area (Å²) >= 11 is 1.06. The highest BCUT2D eigenvalue weighted by Gasteiger charge is 2.13. The summed E-state index contributed by atoms with van der Waals surface area (Å²) in [6.45, 7) is 3.70. The van der Waals surface area contributed by atoms with E-state index in [2.05, 4.69) is 14.5 Å². The minimum absolute atomic E-state index is 0.136. The molecule has 0 saturated carbocycles. The fourth-order valence-electron chi connectivity index (χ4n) is 2.11. The molecule has 1 aromatic carbocycles. The summed E-state index contributed by atoms with van der Waals surface area (Å²) in [7, 11) is 2.56. The fourth-order valence-corrected chi connectivity index (χ4v) is 3.18. The second-order valence-electron chi connectivity index (χ2n) is 5.34. The van der Waals surface area contributed by atoms with E-state index in [9.17, 15) is 14.4 Å². The average Bonchev–Trinajstić information content (AvgIpc) is 2.60. The zero-order chi connectivity index (χ0) is 18.6. The van der Waals surface area contributed by atoms with E-state index in [1.165, 1.54) is 24.9 Å². The van der Waals surface area contributed by atoms with Gasteiger partial charge in [-0.05, 0) is 38.1 Å². The number of hydrogen-bond acceptors (Lipinski definition) is 7. The Morgan fingerprint density at radius 1 is 1.08 bits per heavy atom. The third-order valence-corrected chi connectivity index (χ3v) is 4.29. The second kappa shape index (κ2) is 7.89. The maximum absolute atomic E-state index is 12.3. The molecule has 0 fully saturated rings. The van der Waals surface area contributed by atoms with Gasteiger partial charge < -0.3 is 9.47 Å². The molecule has 8 heteroatoms. The molecule has 7 nitrogen and oxygen atoms in total. The van der Waals surface area contributed by atoms with E-state index in [4.69, 9.17) is 0 Å². The molecule has 2 rings (SSSR count). The minimum atomic E-state index is -0.588. The number of carbonyl (C=O) groups is 2. The zero-order valence-electron chi connectivity index (χ0n) is 14.3. The molecule has 0 aliphatic carbocycles. The van der Waals surface area contributed by atoms with E-state index < -0.39 is 11.9 Å². The van der Waals surface area contributed by atoms with Crippen molar-refractivity contribution in [2.24, 2.45) is 4.99 Å². The molecule has 0 aliphatic rings. The third kappa shape index (κ3) is 4.21. The zero-order valence-corrected chi connectivity index (χ0v) is 15.1. The van der Waals surface area contributed by atoms with E-state index in [-0.39, 0.29) is 16.5 Å². The summed E-state index contributed by atoms with van der Waals surface area (Å²) in [6, 6.07) is 7.55. The molecule has 1 heterocycles. The van der Waals surface area contributed by atoms with Crippen molar-refractivity contribution >= 4 is 29.0 Å². The molecule has 0 amide bonds. The lowest BCUT2D eigenvalue weighted by atomic mass is 10.2. The number of ether oxygens (including phenoxy) is 2. The van der Waals surface area contributed by atoms with Crippen LogP contribution in [0.5, 0.6) is 0 Å². The highest BCUT2D eigenvalue weighted by Crippen LogP contribution is 2.14. The van der Waals surface area contributed by atoms with Gasteiger partial charge in [0.15, 0.2) is 4.80 Å². The van der Waals surface area contributed by atoms with E-state index in [1.807, 2.05) is 13.8 Å². The molecule has 0 aliphatic heterocycles. The molecule has 0 bridgehead atoms. The van der Waals surface area contributed by atoms with Crippen LogP contribution in [0.3, 0.4) is 0 Å². The van der Waals surface area contributed by atoms with Crippen LogP contribution < -0.4 is 10.4 Å². The lowest BCUT2D eigenvalue weighted by Crippen LogP contribution is -2.33. The quantitative estimate of drug-likeness (QED) is 0.779. The van der Waals surface area contributed by atoms with Gasteiger partial charge in [-0.3, -0.25) is 9.36 Å². The van der Waals surface area contributed by atoms with Gasteiger partial charge in [0.05, 0.1) is 25.5 Å². The van der Waals surface area contributed by atoms with E-state index >= 15 is 0 Å². The van der Waals surface area contributed by atoms with E-state index in [1.54, 1.807) is 24.3 Å². The SMILES string of the molecule is COC(=O)c1ccc(N=c2sc(C(=O)OC)cc(=O)n2C(C)C)cc1. The van der Waals surface area contributed by atoms with Gasteiger partial charge >= 0.3 is 11.9 Å². The van der Waals surface area contributed by atoms with Crippen LogP contribution in [0.25, 0.3) is 0 Å². The largest absolute Gasteiger partial charge is 0.465 e. The molecule has 2 aromatic rings. The Labute approximate surface area is 148 Å². The van der Waals surface area contributed by atoms with Gasteiger partial charge in [-0.2, -0.15) is 0 Å².